The maximum absolute atomic E-state index is 6.11. The van der Waals surface area contributed by atoms with Gasteiger partial charge in [0, 0.05) is 23.2 Å². The highest BCUT2D eigenvalue weighted by atomic mass is 79.9. The normalized spacial score (nSPS) is 11.1. The van der Waals surface area contributed by atoms with E-state index in [0.29, 0.717) is 22.0 Å². The van der Waals surface area contributed by atoms with Gasteiger partial charge in [-0.1, -0.05) is 15.9 Å². The molecule has 0 aliphatic rings. The Kier molecular flexibility index (Phi) is 4.54. The Morgan fingerprint density at radius 2 is 1.78 bits per heavy atom. The molecule has 6 nitrogen and oxygen atoms in total. The summed E-state index contributed by atoms with van der Waals surface area (Å²) in [5.41, 5.74) is 8.47. The number of halogens is 2. The molecule has 0 saturated heterocycles. The number of aromatic nitrogens is 4. The van der Waals surface area contributed by atoms with Crippen LogP contribution in [0.3, 0.4) is 0 Å². The minimum absolute atomic E-state index is 0.383. The van der Waals surface area contributed by atoms with Gasteiger partial charge in [-0.05, 0) is 54.0 Å². The lowest BCUT2D eigenvalue weighted by molar-refractivity contribution is 0.755. The van der Waals surface area contributed by atoms with Crippen molar-refractivity contribution in [2.24, 2.45) is 0 Å². The quantitative estimate of drug-likeness (QED) is 0.619. The Balaban J connectivity index is 2.15. The van der Waals surface area contributed by atoms with Crippen molar-refractivity contribution in [2.75, 3.05) is 17.2 Å². The number of nitrogens with zero attached hydrogens (tertiary/aromatic N) is 5. The molecule has 0 aliphatic heterocycles. The highest BCUT2D eigenvalue weighted by Crippen LogP contribution is 2.28. The van der Waals surface area contributed by atoms with Crippen LogP contribution in [0.4, 0.5) is 17.5 Å². The third kappa shape index (κ3) is 2.92. The number of nitrogens with two attached hydrogens (primary N) is 1. The number of hydrogen-bond acceptors (Lipinski definition) is 5. The first-order valence-electron chi connectivity index (χ1n) is 7.27. The van der Waals surface area contributed by atoms with E-state index >= 15 is 0 Å². The van der Waals surface area contributed by atoms with Crippen LogP contribution in [-0.2, 0) is 6.54 Å². The first-order valence-corrected chi connectivity index (χ1v) is 8.86. The van der Waals surface area contributed by atoms with Crippen LogP contribution in [0.1, 0.15) is 13.8 Å². The van der Waals surface area contributed by atoms with Crippen molar-refractivity contribution in [1.82, 2.24) is 19.5 Å². The largest absolute Gasteiger partial charge is 0.382 e. The average molecular weight is 440 g/mol. The topological polar surface area (TPSA) is 72.9 Å². The number of rotatable bonds is 4. The van der Waals surface area contributed by atoms with Crippen LogP contribution in [0, 0.1) is 0 Å². The summed E-state index contributed by atoms with van der Waals surface area (Å²) in [5.74, 6) is 0.954. The van der Waals surface area contributed by atoms with Crippen molar-refractivity contribution in [3.63, 3.8) is 0 Å². The maximum atomic E-state index is 6.11. The number of nitrogen functional groups attached to an aromatic ring is 1. The molecule has 23 heavy (non-hydrogen) atoms. The fourth-order valence-corrected chi connectivity index (χ4v) is 3.31. The molecule has 0 unspecified atom stereocenters. The number of imidazole rings is 1. The summed E-state index contributed by atoms with van der Waals surface area (Å²) in [5, 5.41) is 0. The number of fused-ring (bicyclic) bond motifs is 1. The van der Waals surface area contributed by atoms with Gasteiger partial charge in [-0.2, -0.15) is 9.97 Å². The van der Waals surface area contributed by atoms with E-state index in [1.807, 2.05) is 40.7 Å². The molecule has 8 heteroatoms. The molecule has 0 spiro atoms. The van der Waals surface area contributed by atoms with Crippen molar-refractivity contribution in [3.8, 4) is 0 Å². The second-order valence-electron chi connectivity index (χ2n) is 4.93. The molecular weight excluding hydrogens is 424 g/mol. The molecule has 120 valence electrons. The molecule has 2 N–H and O–H groups in total. The van der Waals surface area contributed by atoms with Crippen molar-refractivity contribution >= 4 is 60.5 Å². The zero-order valence-electron chi connectivity index (χ0n) is 12.8. The Morgan fingerprint density at radius 3 is 2.39 bits per heavy atom. The van der Waals surface area contributed by atoms with Crippen LogP contribution < -0.4 is 10.6 Å². The molecule has 1 aromatic carbocycles. The third-order valence-electron chi connectivity index (χ3n) is 3.58. The van der Waals surface area contributed by atoms with Crippen LogP contribution in [0.15, 0.2) is 33.5 Å². The first kappa shape index (κ1) is 16.2. The molecule has 2 heterocycles. The average Bonchev–Trinajstić information content (AvgIpc) is 2.86. The van der Waals surface area contributed by atoms with Crippen LogP contribution in [0.2, 0.25) is 0 Å². The zero-order valence-corrected chi connectivity index (χ0v) is 16.0. The fourth-order valence-electron chi connectivity index (χ4n) is 2.44. The van der Waals surface area contributed by atoms with Gasteiger partial charge in [0.05, 0.1) is 0 Å². The van der Waals surface area contributed by atoms with Crippen molar-refractivity contribution in [2.45, 2.75) is 20.4 Å². The highest BCUT2D eigenvalue weighted by molar-refractivity contribution is 9.10. The Morgan fingerprint density at radius 1 is 1.09 bits per heavy atom. The molecule has 0 atom stereocenters. The molecule has 0 bridgehead atoms. The van der Waals surface area contributed by atoms with E-state index in [-0.39, 0.29) is 0 Å². The fraction of sp³-hybridized carbons (Fsp3) is 0.267. The van der Waals surface area contributed by atoms with Gasteiger partial charge in [0.1, 0.15) is 0 Å². The van der Waals surface area contributed by atoms with Gasteiger partial charge in [0.2, 0.25) is 5.95 Å². The third-order valence-corrected chi connectivity index (χ3v) is 4.71. The van der Waals surface area contributed by atoms with E-state index in [9.17, 15) is 0 Å². The molecular formula is C15H16Br2N6. The van der Waals surface area contributed by atoms with E-state index in [2.05, 4.69) is 48.8 Å². The molecule has 0 fully saturated rings. The summed E-state index contributed by atoms with van der Waals surface area (Å²) in [4.78, 5) is 15.6. The molecule has 0 amide bonds. The summed E-state index contributed by atoms with van der Waals surface area (Å²) in [6, 6.07) is 8.02. The van der Waals surface area contributed by atoms with Crippen LogP contribution >= 0.6 is 31.9 Å². The number of hydrogen-bond donors (Lipinski definition) is 1. The molecule has 0 aliphatic carbocycles. The molecule has 3 rings (SSSR count). The van der Waals surface area contributed by atoms with E-state index in [4.69, 9.17) is 10.7 Å². The zero-order chi connectivity index (χ0) is 16.6. The minimum atomic E-state index is 0.383. The number of benzene rings is 1. The summed E-state index contributed by atoms with van der Waals surface area (Å²) in [6.45, 7) is 5.57. The van der Waals surface area contributed by atoms with Crippen molar-refractivity contribution < 1.29 is 0 Å². The van der Waals surface area contributed by atoms with Crippen LogP contribution in [0.25, 0.3) is 11.2 Å². The van der Waals surface area contributed by atoms with E-state index < -0.39 is 0 Å². The van der Waals surface area contributed by atoms with Gasteiger partial charge in [0.15, 0.2) is 21.7 Å². The summed E-state index contributed by atoms with van der Waals surface area (Å²) >= 11 is 6.90. The standard InChI is InChI=1S/C15H16Br2N6/c1-3-22(10-7-5-9(16)6-8-10)15-20-12(18)11-13(21-15)23(4-2)14(17)19-11/h5-8H,3-4H2,1-2H3,(H2,18,20,21). The SMILES string of the molecule is CCN(c1ccc(Br)cc1)c1nc(N)c2nc(Br)n(CC)c2n1. The predicted molar refractivity (Wildman–Crippen MR) is 99.9 cm³/mol. The summed E-state index contributed by atoms with van der Waals surface area (Å²) in [7, 11) is 0. The number of aryl methyl sites for hydroxylation is 1. The Bertz CT molecular complexity index is 843. The molecule has 0 radical (unpaired) electrons. The van der Waals surface area contributed by atoms with Gasteiger partial charge >= 0.3 is 0 Å². The second kappa shape index (κ2) is 6.45. The first-order chi connectivity index (χ1) is 11.0. The van der Waals surface area contributed by atoms with E-state index in [0.717, 1.165) is 28.9 Å². The lowest BCUT2D eigenvalue weighted by atomic mass is 10.3. The maximum Gasteiger partial charge on any atom is 0.233 e. The Labute approximate surface area is 151 Å². The van der Waals surface area contributed by atoms with Gasteiger partial charge < -0.3 is 15.2 Å². The van der Waals surface area contributed by atoms with Crippen LogP contribution in [0.5, 0.6) is 0 Å². The van der Waals surface area contributed by atoms with Gasteiger partial charge in [-0.25, -0.2) is 4.98 Å². The van der Waals surface area contributed by atoms with Gasteiger partial charge in [-0.3, -0.25) is 0 Å². The molecule has 0 saturated carbocycles. The van der Waals surface area contributed by atoms with Crippen molar-refractivity contribution in [1.29, 1.82) is 0 Å². The monoisotopic (exact) mass is 438 g/mol. The number of anilines is 3. The lowest BCUT2D eigenvalue weighted by Crippen LogP contribution is -2.19. The Hall–Kier alpha value is -1.67. The minimum Gasteiger partial charge on any atom is -0.382 e. The molecule has 3 aromatic rings. The van der Waals surface area contributed by atoms with Gasteiger partial charge in [0.25, 0.3) is 0 Å². The summed E-state index contributed by atoms with van der Waals surface area (Å²) < 4.78 is 3.70. The smallest absolute Gasteiger partial charge is 0.233 e. The lowest BCUT2D eigenvalue weighted by Gasteiger charge is -2.21. The highest BCUT2D eigenvalue weighted by Gasteiger charge is 2.18. The molecule has 2 aromatic heterocycles. The van der Waals surface area contributed by atoms with E-state index in [1.54, 1.807) is 0 Å². The summed E-state index contributed by atoms with van der Waals surface area (Å²) in [6.07, 6.45) is 0. The van der Waals surface area contributed by atoms with Crippen LogP contribution in [-0.4, -0.2) is 26.1 Å². The van der Waals surface area contributed by atoms with Gasteiger partial charge in [-0.15, -0.1) is 0 Å². The van der Waals surface area contributed by atoms with E-state index in [1.165, 1.54) is 0 Å². The predicted octanol–water partition coefficient (Wildman–Crippen LogP) is 4.11. The second-order valence-corrected chi connectivity index (χ2v) is 6.55. The van der Waals surface area contributed by atoms with Crippen molar-refractivity contribution in [3.05, 3.63) is 33.5 Å².